The molecule has 3 rings (SSSR count). The van der Waals surface area contributed by atoms with E-state index in [1.54, 1.807) is 0 Å². The molecular formula is C17H14F5N3O3S. The normalized spacial score (nSPS) is 16.7. The average Bonchev–Trinajstić information content (AvgIpc) is 3.28. The first kappa shape index (κ1) is 21.0. The number of anilines is 1. The molecule has 6 nitrogen and oxygen atoms in total. The first-order chi connectivity index (χ1) is 13.7. The van der Waals surface area contributed by atoms with Gasteiger partial charge in [-0.15, -0.1) is 11.3 Å². The number of carbonyl (C=O) groups excluding carboxylic acids is 2. The summed E-state index contributed by atoms with van der Waals surface area (Å²) in [6.45, 7) is -1.68. The van der Waals surface area contributed by atoms with E-state index in [1.165, 1.54) is 11.4 Å². The summed E-state index contributed by atoms with van der Waals surface area (Å²) in [4.78, 5) is 29.2. The van der Waals surface area contributed by atoms with Gasteiger partial charge >= 0.3 is 12.3 Å². The molecule has 2 amide bonds. The summed E-state index contributed by atoms with van der Waals surface area (Å²) in [5, 5.41) is 3.80. The molecule has 1 saturated heterocycles. The number of likely N-dealkylation sites (tertiary alicyclic amines) is 1. The highest BCUT2D eigenvalue weighted by Gasteiger charge is 2.37. The number of nitrogens with one attached hydrogen (secondary N) is 1. The third-order valence-electron chi connectivity index (χ3n) is 4.10. The van der Waals surface area contributed by atoms with Gasteiger partial charge in [0, 0.05) is 11.9 Å². The Morgan fingerprint density at radius 2 is 1.97 bits per heavy atom. The molecule has 1 aliphatic heterocycles. The number of halogens is 5. The molecular weight excluding hydrogens is 421 g/mol. The Balaban J connectivity index is 1.67. The van der Waals surface area contributed by atoms with Crippen LogP contribution in [0.15, 0.2) is 23.6 Å². The molecule has 1 atom stereocenters. The second-order valence-electron chi connectivity index (χ2n) is 6.14. The first-order valence-corrected chi connectivity index (χ1v) is 9.24. The van der Waals surface area contributed by atoms with E-state index in [0.717, 1.165) is 28.4 Å². The van der Waals surface area contributed by atoms with Gasteiger partial charge in [0.1, 0.15) is 17.7 Å². The van der Waals surface area contributed by atoms with Crippen molar-refractivity contribution >= 4 is 28.5 Å². The fraction of sp³-hybridized carbons (Fsp3) is 0.353. The van der Waals surface area contributed by atoms with E-state index in [2.05, 4.69) is 15.0 Å². The zero-order valence-electron chi connectivity index (χ0n) is 14.6. The molecule has 2 heterocycles. The molecule has 2 aromatic rings. The summed E-state index contributed by atoms with van der Waals surface area (Å²) in [6, 6.07) is 2.31. The molecule has 1 fully saturated rings. The van der Waals surface area contributed by atoms with E-state index in [1.807, 2.05) is 0 Å². The van der Waals surface area contributed by atoms with Gasteiger partial charge in [0.2, 0.25) is 5.91 Å². The predicted molar refractivity (Wildman–Crippen MR) is 93.2 cm³/mol. The summed E-state index contributed by atoms with van der Waals surface area (Å²) in [5.74, 6) is -2.31. The molecule has 29 heavy (non-hydrogen) atoms. The van der Waals surface area contributed by atoms with Gasteiger partial charge in [0.15, 0.2) is 11.7 Å². The van der Waals surface area contributed by atoms with Crippen molar-refractivity contribution in [3.8, 4) is 11.3 Å². The summed E-state index contributed by atoms with van der Waals surface area (Å²) >= 11 is 0.912. The van der Waals surface area contributed by atoms with Crippen LogP contribution in [-0.2, 0) is 9.53 Å². The molecule has 1 N–H and O–H groups in total. The number of thiazole rings is 1. The maximum atomic E-state index is 13.8. The quantitative estimate of drug-likeness (QED) is 0.732. The zero-order valence-corrected chi connectivity index (χ0v) is 15.4. The molecule has 0 bridgehead atoms. The fourth-order valence-electron chi connectivity index (χ4n) is 2.86. The van der Waals surface area contributed by atoms with E-state index < -0.39 is 42.5 Å². The average molecular weight is 435 g/mol. The highest BCUT2D eigenvalue weighted by Crippen LogP contribution is 2.30. The number of ether oxygens (including phenoxy) is 1. The monoisotopic (exact) mass is 435 g/mol. The predicted octanol–water partition coefficient (Wildman–Crippen LogP) is 4.19. The number of amides is 2. The van der Waals surface area contributed by atoms with Crippen molar-refractivity contribution in [2.45, 2.75) is 25.1 Å². The third-order valence-corrected chi connectivity index (χ3v) is 4.86. The van der Waals surface area contributed by atoms with Crippen molar-refractivity contribution in [2.75, 3.05) is 18.5 Å². The molecule has 1 aromatic heterocycles. The van der Waals surface area contributed by atoms with E-state index >= 15 is 0 Å². The minimum Gasteiger partial charge on any atom is -0.440 e. The lowest BCUT2D eigenvalue weighted by atomic mass is 10.1. The van der Waals surface area contributed by atoms with Crippen molar-refractivity contribution in [1.29, 1.82) is 0 Å². The van der Waals surface area contributed by atoms with Crippen LogP contribution in [0.1, 0.15) is 12.8 Å². The van der Waals surface area contributed by atoms with Crippen molar-refractivity contribution in [3.63, 3.8) is 0 Å². The largest absolute Gasteiger partial charge is 0.440 e. The Bertz CT molecular complexity index is 898. The zero-order chi connectivity index (χ0) is 21.2. The Kier molecular flexibility index (Phi) is 6.01. The Morgan fingerprint density at radius 3 is 2.62 bits per heavy atom. The lowest BCUT2D eigenvalue weighted by molar-refractivity contribution is -0.162. The van der Waals surface area contributed by atoms with Crippen molar-refractivity contribution in [3.05, 3.63) is 35.2 Å². The van der Waals surface area contributed by atoms with E-state index in [4.69, 9.17) is 0 Å². The molecule has 0 radical (unpaired) electrons. The number of rotatable bonds is 4. The summed E-state index contributed by atoms with van der Waals surface area (Å²) < 4.78 is 68.5. The number of alkyl halides is 3. The van der Waals surface area contributed by atoms with Crippen LogP contribution in [-0.4, -0.2) is 47.3 Å². The number of benzene rings is 1. The first-order valence-electron chi connectivity index (χ1n) is 8.36. The second-order valence-corrected chi connectivity index (χ2v) is 7.00. The van der Waals surface area contributed by atoms with Crippen molar-refractivity contribution in [1.82, 2.24) is 9.88 Å². The third kappa shape index (κ3) is 5.00. The molecule has 1 aromatic carbocycles. The van der Waals surface area contributed by atoms with Crippen LogP contribution < -0.4 is 5.32 Å². The Labute approximate surface area is 165 Å². The topological polar surface area (TPSA) is 71.5 Å². The molecule has 0 spiro atoms. The molecule has 0 aliphatic carbocycles. The van der Waals surface area contributed by atoms with Gasteiger partial charge in [-0.05, 0) is 25.0 Å². The maximum absolute atomic E-state index is 13.8. The molecule has 0 saturated carbocycles. The minimum absolute atomic E-state index is 0.0197. The highest BCUT2D eigenvalue weighted by molar-refractivity contribution is 7.14. The molecule has 156 valence electrons. The fourth-order valence-corrected chi connectivity index (χ4v) is 3.57. The van der Waals surface area contributed by atoms with Crippen LogP contribution in [0.2, 0.25) is 0 Å². The van der Waals surface area contributed by atoms with Crippen molar-refractivity contribution < 1.29 is 36.3 Å². The summed E-state index contributed by atoms with van der Waals surface area (Å²) in [6.07, 6.45) is -5.28. The van der Waals surface area contributed by atoms with Gasteiger partial charge in [-0.25, -0.2) is 18.6 Å². The van der Waals surface area contributed by atoms with Gasteiger partial charge in [-0.3, -0.25) is 9.69 Å². The van der Waals surface area contributed by atoms with Gasteiger partial charge in [-0.2, -0.15) is 13.2 Å². The van der Waals surface area contributed by atoms with E-state index in [9.17, 15) is 31.5 Å². The lowest BCUT2D eigenvalue weighted by Gasteiger charge is -2.23. The van der Waals surface area contributed by atoms with E-state index in [0.29, 0.717) is 6.42 Å². The molecule has 1 unspecified atom stereocenters. The van der Waals surface area contributed by atoms with Crippen LogP contribution in [0.3, 0.4) is 0 Å². The van der Waals surface area contributed by atoms with Gasteiger partial charge in [-0.1, -0.05) is 6.07 Å². The Morgan fingerprint density at radius 1 is 1.28 bits per heavy atom. The van der Waals surface area contributed by atoms with Crippen LogP contribution in [0.25, 0.3) is 11.3 Å². The maximum Gasteiger partial charge on any atom is 0.422 e. The van der Waals surface area contributed by atoms with Crippen LogP contribution >= 0.6 is 11.3 Å². The molecule has 12 heteroatoms. The standard InChI is InChI=1S/C17H14F5N3O3S/c18-9-3-1-4-10(19)13(9)11-7-29-15(23-11)24-14(26)12-5-2-6-25(12)16(27)28-8-17(20,21)22/h1,3-4,7,12H,2,5-6,8H2,(H,23,24,26). The number of carbonyl (C=O) groups is 2. The van der Waals surface area contributed by atoms with Gasteiger partial charge in [0.05, 0.1) is 11.3 Å². The lowest BCUT2D eigenvalue weighted by Crippen LogP contribution is -2.44. The smallest absolute Gasteiger partial charge is 0.422 e. The van der Waals surface area contributed by atoms with Crippen molar-refractivity contribution in [2.24, 2.45) is 0 Å². The SMILES string of the molecule is O=C(Nc1nc(-c2c(F)cccc2F)cs1)C1CCCN1C(=O)OCC(F)(F)F. The van der Waals surface area contributed by atoms with Gasteiger partial charge < -0.3 is 10.1 Å². The minimum atomic E-state index is -4.67. The Hall–Kier alpha value is -2.76. The number of aromatic nitrogens is 1. The number of hydrogen-bond donors (Lipinski definition) is 1. The van der Waals surface area contributed by atoms with Crippen LogP contribution in [0.5, 0.6) is 0 Å². The molecule has 1 aliphatic rings. The number of hydrogen-bond acceptors (Lipinski definition) is 5. The van der Waals surface area contributed by atoms with Gasteiger partial charge in [0.25, 0.3) is 0 Å². The van der Waals surface area contributed by atoms with E-state index in [-0.39, 0.29) is 29.4 Å². The number of nitrogens with zero attached hydrogens (tertiary/aromatic N) is 2. The highest BCUT2D eigenvalue weighted by atomic mass is 32.1. The summed E-state index contributed by atoms with van der Waals surface area (Å²) in [7, 11) is 0. The summed E-state index contributed by atoms with van der Waals surface area (Å²) in [5.41, 5.74) is -0.365. The second kappa shape index (κ2) is 8.31. The van der Waals surface area contributed by atoms with Crippen LogP contribution in [0.4, 0.5) is 31.9 Å². The van der Waals surface area contributed by atoms with Crippen LogP contribution in [0, 0.1) is 11.6 Å².